The fourth-order valence-electron chi connectivity index (χ4n) is 1.51. The molecule has 0 aromatic carbocycles. The Kier molecular flexibility index (Phi) is 3.09. The summed E-state index contributed by atoms with van der Waals surface area (Å²) in [4.78, 5) is 32.5. The minimum atomic E-state index is -4.41. The van der Waals surface area contributed by atoms with Crippen molar-refractivity contribution in [2.45, 2.75) is 13.3 Å². The van der Waals surface area contributed by atoms with Crippen molar-refractivity contribution in [3.8, 4) is 11.5 Å². The van der Waals surface area contributed by atoms with E-state index in [0.717, 1.165) is 11.3 Å². The summed E-state index contributed by atoms with van der Waals surface area (Å²) in [5.41, 5.74) is 0.353. The van der Waals surface area contributed by atoms with Crippen molar-refractivity contribution in [2.24, 2.45) is 0 Å². The van der Waals surface area contributed by atoms with E-state index < -0.39 is 7.60 Å². The van der Waals surface area contributed by atoms with E-state index in [1.54, 1.807) is 0 Å². The van der Waals surface area contributed by atoms with Crippen LogP contribution in [-0.2, 0) is 11.0 Å². The van der Waals surface area contributed by atoms with Crippen molar-refractivity contribution in [1.82, 2.24) is 4.98 Å². The van der Waals surface area contributed by atoms with Gasteiger partial charge in [-0.25, -0.2) is 0 Å². The van der Waals surface area contributed by atoms with Crippen LogP contribution in [0, 0.1) is 0 Å². The maximum atomic E-state index is 11.3. The topological polar surface area (TPSA) is 104 Å². The minimum Gasteiger partial charge on any atom is -0.462 e. The highest BCUT2D eigenvalue weighted by atomic mass is 32.1. The van der Waals surface area contributed by atoms with Crippen LogP contribution in [0.4, 0.5) is 0 Å². The van der Waals surface area contributed by atoms with Gasteiger partial charge < -0.3 is 19.2 Å². The van der Waals surface area contributed by atoms with Crippen LogP contribution in [0.1, 0.15) is 11.8 Å². The SMILES string of the molecule is CCc1sc(=O)[nH]c1-c1occc1P(=O)(O)O. The lowest BCUT2D eigenvalue weighted by Gasteiger charge is -2.03. The Balaban J connectivity index is 2.65. The van der Waals surface area contributed by atoms with Gasteiger partial charge in [0.05, 0.1) is 12.0 Å². The molecule has 2 aromatic heterocycles. The zero-order valence-electron chi connectivity index (χ0n) is 8.84. The number of H-pyrrole nitrogens is 1. The lowest BCUT2D eigenvalue weighted by Crippen LogP contribution is -2.05. The summed E-state index contributed by atoms with van der Waals surface area (Å²) in [5.74, 6) is 0.0357. The maximum Gasteiger partial charge on any atom is 0.360 e. The fourth-order valence-corrected chi connectivity index (χ4v) is 2.96. The Bertz CT molecular complexity index is 634. The van der Waals surface area contributed by atoms with Crippen molar-refractivity contribution in [3.63, 3.8) is 0 Å². The van der Waals surface area contributed by atoms with E-state index in [0.29, 0.717) is 17.0 Å². The third-order valence-corrected chi connectivity index (χ3v) is 4.23. The second-order valence-electron chi connectivity index (χ2n) is 3.35. The smallest absolute Gasteiger partial charge is 0.360 e. The molecule has 0 amide bonds. The number of rotatable bonds is 3. The first-order valence-corrected chi connectivity index (χ1v) is 7.22. The number of hydrogen-bond donors (Lipinski definition) is 3. The molecule has 6 nitrogen and oxygen atoms in total. The third kappa shape index (κ3) is 2.28. The zero-order chi connectivity index (χ0) is 12.6. The molecule has 0 aliphatic heterocycles. The largest absolute Gasteiger partial charge is 0.462 e. The van der Waals surface area contributed by atoms with Crippen LogP contribution in [-0.4, -0.2) is 14.8 Å². The summed E-state index contributed by atoms with van der Waals surface area (Å²) >= 11 is 1.01. The van der Waals surface area contributed by atoms with Gasteiger partial charge in [0.2, 0.25) is 0 Å². The van der Waals surface area contributed by atoms with Crippen LogP contribution in [0.2, 0.25) is 0 Å². The van der Waals surface area contributed by atoms with Crippen molar-refractivity contribution >= 4 is 24.2 Å². The number of nitrogens with one attached hydrogen (secondary N) is 1. The Hall–Kier alpha value is -1.14. The van der Waals surface area contributed by atoms with E-state index in [4.69, 9.17) is 14.2 Å². The normalized spacial score (nSPS) is 11.9. The van der Waals surface area contributed by atoms with Crippen LogP contribution in [0.5, 0.6) is 0 Å². The van der Waals surface area contributed by atoms with Gasteiger partial charge in [-0.2, -0.15) is 0 Å². The molecule has 0 saturated carbocycles. The highest BCUT2D eigenvalue weighted by Crippen LogP contribution is 2.38. The zero-order valence-corrected chi connectivity index (χ0v) is 10.5. The molecule has 0 aliphatic rings. The molecule has 92 valence electrons. The van der Waals surface area contributed by atoms with E-state index >= 15 is 0 Å². The van der Waals surface area contributed by atoms with Crippen molar-refractivity contribution in [1.29, 1.82) is 0 Å². The van der Waals surface area contributed by atoms with Gasteiger partial charge in [-0.1, -0.05) is 18.3 Å². The lowest BCUT2D eigenvalue weighted by atomic mass is 10.2. The van der Waals surface area contributed by atoms with Gasteiger partial charge in [0.15, 0.2) is 5.76 Å². The van der Waals surface area contributed by atoms with E-state index in [-0.39, 0.29) is 15.9 Å². The van der Waals surface area contributed by atoms with Crippen molar-refractivity contribution < 1.29 is 18.8 Å². The molecule has 0 atom stereocenters. The van der Waals surface area contributed by atoms with Gasteiger partial charge in [0.25, 0.3) is 0 Å². The van der Waals surface area contributed by atoms with Crippen LogP contribution in [0.3, 0.4) is 0 Å². The van der Waals surface area contributed by atoms with Gasteiger partial charge in [-0.05, 0) is 12.5 Å². The van der Waals surface area contributed by atoms with Gasteiger partial charge >= 0.3 is 12.5 Å². The Labute approximate surface area is 100 Å². The van der Waals surface area contributed by atoms with E-state index in [1.165, 1.54) is 12.3 Å². The first kappa shape index (κ1) is 12.3. The second-order valence-corrected chi connectivity index (χ2v) is 5.98. The van der Waals surface area contributed by atoms with E-state index in [9.17, 15) is 9.36 Å². The first-order chi connectivity index (χ1) is 7.93. The molecule has 0 bridgehead atoms. The summed E-state index contributed by atoms with van der Waals surface area (Å²) < 4.78 is 16.3. The molecule has 0 aliphatic carbocycles. The second kappa shape index (κ2) is 4.27. The monoisotopic (exact) mass is 275 g/mol. The van der Waals surface area contributed by atoms with Crippen molar-refractivity contribution in [3.05, 3.63) is 26.9 Å². The molecule has 0 saturated heterocycles. The summed E-state index contributed by atoms with van der Waals surface area (Å²) in [7, 11) is -4.41. The summed E-state index contributed by atoms with van der Waals surface area (Å²) in [6, 6.07) is 1.21. The summed E-state index contributed by atoms with van der Waals surface area (Å²) in [6.07, 6.45) is 1.78. The third-order valence-electron chi connectivity index (χ3n) is 2.23. The van der Waals surface area contributed by atoms with Crippen LogP contribution >= 0.6 is 18.9 Å². The highest BCUT2D eigenvalue weighted by Gasteiger charge is 2.27. The standard InChI is InChI=1S/C9H10NO5PS/c1-2-6-7(10-9(11)17-6)8-5(3-4-15-8)16(12,13)14/h3-4H,2H2,1H3,(H,10,11)(H2,12,13,14). The Morgan fingerprint density at radius 3 is 2.82 bits per heavy atom. The number of furan rings is 1. The molecule has 2 aromatic rings. The number of aromatic nitrogens is 1. The van der Waals surface area contributed by atoms with Gasteiger partial charge in [-0.15, -0.1) is 0 Å². The van der Waals surface area contributed by atoms with Gasteiger partial charge in [0.1, 0.15) is 5.30 Å². The summed E-state index contributed by atoms with van der Waals surface area (Å²) in [5, 5.41) is -0.207. The molecule has 0 unspecified atom stereocenters. The molecule has 2 heterocycles. The number of hydrogen-bond acceptors (Lipinski definition) is 4. The molecule has 3 N–H and O–H groups in total. The molecular formula is C9H10NO5PS. The molecule has 0 fully saturated rings. The van der Waals surface area contributed by atoms with E-state index in [1.807, 2.05) is 6.92 Å². The first-order valence-electron chi connectivity index (χ1n) is 4.79. The predicted molar refractivity (Wildman–Crippen MR) is 63.7 cm³/mol. The van der Waals surface area contributed by atoms with Crippen LogP contribution in [0.25, 0.3) is 11.5 Å². The van der Waals surface area contributed by atoms with Gasteiger partial charge in [0, 0.05) is 4.88 Å². The maximum absolute atomic E-state index is 11.3. The lowest BCUT2D eigenvalue weighted by molar-refractivity contribution is 0.387. The molecular weight excluding hydrogens is 265 g/mol. The Morgan fingerprint density at radius 2 is 2.24 bits per heavy atom. The number of aromatic amines is 1. The number of aryl methyl sites for hydroxylation is 1. The minimum absolute atomic E-state index is 0.0357. The average molecular weight is 275 g/mol. The predicted octanol–water partition coefficient (Wildman–Crippen LogP) is 1.06. The molecule has 2 rings (SSSR count). The summed E-state index contributed by atoms with van der Waals surface area (Å²) in [6.45, 7) is 1.85. The van der Waals surface area contributed by atoms with Crippen molar-refractivity contribution in [2.75, 3.05) is 0 Å². The van der Waals surface area contributed by atoms with Crippen LogP contribution < -0.4 is 10.2 Å². The average Bonchev–Trinajstić information content (AvgIpc) is 2.81. The van der Waals surface area contributed by atoms with Gasteiger partial charge in [-0.3, -0.25) is 9.36 Å². The van der Waals surface area contributed by atoms with E-state index in [2.05, 4.69) is 4.98 Å². The highest BCUT2D eigenvalue weighted by molar-refractivity contribution is 7.60. The number of thiazole rings is 1. The Morgan fingerprint density at radius 1 is 1.53 bits per heavy atom. The fraction of sp³-hybridized carbons (Fsp3) is 0.222. The molecule has 0 radical (unpaired) electrons. The molecule has 8 heteroatoms. The molecule has 17 heavy (non-hydrogen) atoms. The molecule has 0 spiro atoms. The quantitative estimate of drug-likeness (QED) is 0.727. The van der Waals surface area contributed by atoms with Crippen LogP contribution in [0.15, 0.2) is 21.5 Å².